The van der Waals surface area contributed by atoms with Crippen molar-refractivity contribution in [2.45, 2.75) is 26.3 Å². The molecule has 2 N–H and O–H groups in total. The number of guanidine groups is 1. The fourth-order valence-corrected chi connectivity index (χ4v) is 3.31. The van der Waals surface area contributed by atoms with Crippen LogP contribution in [0.1, 0.15) is 25.3 Å². The highest BCUT2D eigenvalue weighted by atomic mass is 16.2. The van der Waals surface area contributed by atoms with Crippen LogP contribution in [0.4, 0.5) is 0 Å². The molecule has 1 amide bonds. The van der Waals surface area contributed by atoms with E-state index in [9.17, 15) is 4.79 Å². The molecule has 1 aliphatic heterocycles. The summed E-state index contributed by atoms with van der Waals surface area (Å²) in [5.41, 5.74) is 1.40. The SMILES string of the molecule is CCNC(=NCC(=O)N(C)C)NCCCCN1CCN(Cc2ccccc2)CC1. The maximum absolute atomic E-state index is 11.7. The molecule has 1 aromatic rings. The number of nitrogens with zero attached hydrogens (tertiary/aromatic N) is 4. The number of aliphatic imine (C=N–C) groups is 1. The van der Waals surface area contributed by atoms with Crippen LogP contribution in [0, 0.1) is 0 Å². The van der Waals surface area contributed by atoms with E-state index in [-0.39, 0.29) is 12.5 Å². The Morgan fingerprint density at radius 2 is 1.72 bits per heavy atom. The predicted molar refractivity (Wildman–Crippen MR) is 120 cm³/mol. The molecule has 0 bridgehead atoms. The summed E-state index contributed by atoms with van der Waals surface area (Å²) in [5.74, 6) is 0.728. The molecular weight excluding hydrogens is 364 g/mol. The largest absolute Gasteiger partial charge is 0.357 e. The molecule has 2 rings (SSSR count). The summed E-state index contributed by atoms with van der Waals surface area (Å²) in [4.78, 5) is 22.7. The van der Waals surface area contributed by atoms with E-state index >= 15 is 0 Å². The molecule has 0 spiro atoms. The van der Waals surface area contributed by atoms with Crippen LogP contribution in [0.5, 0.6) is 0 Å². The number of benzene rings is 1. The molecule has 1 saturated heterocycles. The molecule has 1 fully saturated rings. The number of hydrogen-bond acceptors (Lipinski definition) is 4. The zero-order chi connectivity index (χ0) is 20.9. The van der Waals surface area contributed by atoms with E-state index in [1.165, 1.54) is 12.0 Å². The van der Waals surface area contributed by atoms with Gasteiger partial charge in [-0.15, -0.1) is 0 Å². The van der Waals surface area contributed by atoms with Gasteiger partial charge in [-0.3, -0.25) is 9.69 Å². The summed E-state index contributed by atoms with van der Waals surface area (Å²) >= 11 is 0. The van der Waals surface area contributed by atoms with E-state index in [1.807, 2.05) is 6.92 Å². The van der Waals surface area contributed by atoms with E-state index in [0.717, 1.165) is 64.7 Å². The van der Waals surface area contributed by atoms with Crippen molar-refractivity contribution >= 4 is 11.9 Å². The quantitative estimate of drug-likeness (QED) is 0.350. The number of carbonyl (C=O) groups is 1. The summed E-state index contributed by atoms with van der Waals surface area (Å²) in [6.07, 6.45) is 2.26. The van der Waals surface area contributed by atoms with Crippen LogP contribution in [0.25, 0.3) is 0 Å². The number of hydrogen-bond donors (Lipinski definition) is 2. The minimum Gasteiger partial charge on any atom is -0.357 e. The van der Waals surface area contributed by atoms with Crippen molar-refractivity contribution < 1.29 is 4.79 Å². The van der Waals surface area contributed by atoms with Crippen LogP contribution < -0.4 is 10.6 Å². The first kappa shape index (κ1) is 23.2. The van der Waals surface area contributed by atoms with Crippen molar-refractivity contribution in [3.8, 4) is 0 Å². The predicted octanol–water partition coefficient (Wildman–Crippen LogP) is 1.23. The Labute approximate surface area is 176 Å². The first-order chi connectivity index (χ1) is 14.1. The van der Waals surface area contributed by atoms with E-state index < -0.39 is 0 Å². The Morgan fingerprint density at radius 3 is 2.38 bits per heavy atom. The Morgan fingerprint density at radius 1 is 1.03 bits per heavy atom. The number of nitrogens with one attached hydrogen (secondary N) is 2. The van der Waals surface area contributed by atoms with Gasteiger partial charge in [0.05, 0.1) is 0 Å². The zero-order valence-electron chi connectivity index (χ0n) is 18.4. The lowest BCUT2D eigenvalue weighted by Crippen LogP contribution is -2.46. The lowest BCUT2D eigenvalue weighted by atomic mass is 10.2. The monoisotopic (exact) mass is 402 g/mol. The summed E-state index contributed by atoms with van der Waals surface area (Å²) in [6, 6.07) is 10.7. The molecule has 0 saturated carbocycles. The zero-order valence-corrected chi connectivity index (χ0v) is 18.4. The highest BCUT2D eigenvalue weighted by Gasteiger charge is 2.16. The minimum absolute atomic E-state index is 0.00797. The second-order valence-corrected chi connectivity index (χ2v) is 7.72. The van der Waals surface area contributed by atoms with Crippen LogP contribution >= 0.6 is 0 Å². The highest BCUT2D eigenvalue weighted by Crippen LogP contribution is 2.08. The van der Waals surface area contributed by atoms with Crippen LogP contribution in [0.3, 0.4) is 0 Å². The average Bonchev–Trinajstić information content (AvgIpc) is 2.73. The number of carbonyl (C=O) groups excluding carboxylic acids is 1. The molecule has 0 aromatic heterocycles. The van der Waals surface area contributed by atoms with Gasteiger partial charge in [0.1, 0.15) is 6.54 Å². The topological polar surface area (TPSA) is 63.2 Å². The molecule has 1 aromatic carbocycles. The maximum Gasteiger partial charge on any atom is 0.243 e. The number of rotatable bonds is 10. The molecule has 1 aliphatic rings. The molecule has 7 nitrogen and oxygen atoms in total. The van der Waals surface area contributed by atoms with Crippen LogP contribution in [-0.2, 0) is 11.3 Å². The van der Waals surface area contributed by atoms with Gasteiger partial charge in [-0.1, -0.05) is 30.3 Å². The number of likely N-dealkylation sites (N-methyl/N-ethyl adjacent to an activating group) is 1. The molecule has 162 valence electrons. The molecule has 0 atom stereocenters. The molecule has 0 radical (unpaired) electrons. The Balaban J connectivity index is 1.58. The lowest BCUT2D eigenvalue weighted by Gasteiger charge is -2.34. The highest BCUT2D eigenvalue weighted by molar-refractivity contribution is 5.84. The van der Waals surface area contributed by atoms with E-state index in [4.69, 9.17) is 0 Å². The molecular formula is C22H38N6O. The third-order valence-corrected chi connectivity index (χ3v) is 5.12. The summed E-state index contributed by atoms with van der Waals surface area (Å²) in [6.45, 7) is 10.7. The summed E-state index contributed by atoms with van der Waals surface area (Å²) in [7, 11) is 3.50. The van der Waals surface area contributed by atoms with E-state index in [0.29, 0.717) is 0 Å². The molecule has 0 unspecified atom stereocenters. The van der Waals surface area contributed by atoms with Crippen LogP contribution in [0.15, 0.2) is 35.3 Å². The smallest absolute Gasteiger partial charge is 0.243 e. The Kier molecular flexibility index (Phi) is 10.5. The van der Waals surface area contributed by atoms with Gasteiger partial charge in [0.15, 0.2) is 5.96 Å². The summed E-state index contributed by atoms with van der Waals surface area (Å²) in [5, 5.41) is 6.52. The number of amides is 1. The second-order valence-electron chi connectivity index (χ2n) is 7.72. The average molecular weight is 403 g/mol. The Bertz CT molecular complexity index is 611. The van der Waals surface area contributed by atoms with Crippen molar-refractivity contribution in [2.24, 2.45) is 4.99 Å². The normalized spacial score (nSPS) is 15.9. The molecule has 29 heavy (non-hydrogen) atoms. The minimum atomic E-state index is 0.00797. The first-order valence-electron chi connectivity index (χ1n) is 10.8. The lowest BCUT2D eigenvalue weighted by molar-refractivity contribution is -0.127. The third-order valence-electron chi connectivity index (χ3n) is 5.12. The third kappa shape index (κ3) is 9.28. The van der Waals surface area contributed by atoms with Crippen molar-refractivity contribution in [1.29, 1.82) is 0 Å². The van der Waals surface area contributed by atoms with Crippen molar-refractivity contribution in [1.82, 2.24) is 25.3 Å². The van der Waals surface area contributed by atoms with Gasteiger partial charge < -0.3 is 20.4 Å². The van der Waals surface area contributed by atoms with Gasteiger partial charge in [-0.2, -0.15) is 0 Å². The molecule has 0 aliphatic carbocycles. The second kappa shape index (κ2) is 13.2. The van der Waals surface area contributed by atoms with E-state index in [1.54, 1.807) is 19.0 Å². The first-order valence-corrected chi connectivity index (χ1v) is 10.8. The fourth-order valence-electron chi connectivity index (χ4n) is 3.31. The van der Waals surface area contributed by atoms with Gasteiger partial charge in [0.2, 0.25) is 5.91 Å². The van der Waals surface area contributed by atoms with Gasteiger partial charge in [-0.25, -0.2) is 4.99 Å². The molecule has 1 heterocycles. The van der Waals surface area contributed by atoms with Crippen molar-refractivity contribution in [3.63, 3.8) is 0 Å². The Hall–Kier alpha value is -2.12. The van der Waals surface area contributed by atoms with E-state index in [2.05, 4.69) is 55.8 Å². The van der Waals surface area contributed by atoms with Crippen LogP contribution in [-0.4, -0.2) is 93.0 Å². The van der Waals surface area contributed by atoms with Crippen molar-refractivity contribution in [2.75, 3.05) is 66.5 Å². The van der Waals surface area contributed by atoms with Gasteiger partial charge in [-0.05, 0) is 31.9 Å². The van der Waals surface area contributed by atoms with Gasteiger partial charge in [0, 0.05) is 59.9 Å². The van der Waals surface area contributed by atoms with Crippen LogP contribution in [0.2, 0.25) is 0 Å². The summed E-state index contributed by atoms with van der Waals surface area (Å²) < 4.78 is 0. The van der Waals surface area contributed by atoms with Gasteiger partial charge >= 0.3 is 0 Å². The maximum atomic E-state index is 11.7. The fraction of sp³-hybridized carbons (Fsp3) is 0.636. The number of piperazine rings is 1. The standard InChI is InChI=1S/C22H38N6O/c1-4-23-22(25-18-21(29)26(2)3)24-12-8-9-13-27-14-16-28(17-15-27)19-20-10-6-5-7-11-20/h5-7,10-11H,4,8-9,12-19H2,1-3H3,(H2,23,24,25). The van der Waals surface area contributed by atoms with Gasteiger partial charge in [0.25, 0.3) is 0 Å². The number of unbranched alkanes of at least 4 members (excludes halogenated alkanes) is 1. The molecule has 7 heteroatoms. The van der Waals surface area contributed by atoms with Crippen molar-refractivity contribution in [3.05, 3.63) is 35.9 Å².